The smallest absolute Gasteiger partial charge is 0.322 e. The second kappa shape index (κ2) is 6.17. The number of aliphatic carboxylic acids is 1. The fraction of sp³-hybridized carbons (Fsp3) is 0.533. The second-order valence-electron chi connectivity index (χ2n) is 5.39. The minimum Gasteiger partial charge on any atom is -0.480 e. The van der Waals surface area contributed by atoms with Crippen LogP contribution in [-0.2, 0) is 4.79 Å². The van der Waals surface area contributed by atoms with Crippen molar-refractivity contribution in [2.45, 2.75) is 50.1 Å². The lowest BCUT2D eigenvalue weighted by molar-refractivity contribution is -0.139. The Morgan fingerprint density at radius 3 is 2.21 bits per heavy atom. The molecule has 2 atom stereocenters. The lowest BCUT2D eigenvalue weighted by atomic mass is 9.83. The quantitative estimate of drug-likeness (QED) is 0.775. The van der Waals surface area contributed by atoms with Gasteiger partial charge in [-0.1, -0.05) is 43.5 Å². The van der Waals surface area contributed by atoms with E-state index in [4.69, 9.17) is 16.6 Å². The normalized spacial score (nSPS) is 19.9. The van der Waals surface area contributed by atoms with E-state index in [1.807, 2.05) is 12.1 Å². The molecule has 1 saturated carbocycles. The predicted octanol–water partition coefficient (Wildman–Crippen LogP) is 2.15. The fourth-order valence-corrected chi connectivity index (χ4v) is 2.79. The zero-order valence-corrected chi connectivity index (χ0v) is 11.1. The van der Waals surface area contributed by atoms with E-state index in [0.29, 0.717) is 5.92 Å². The number of rotatable bonds is 4. The van der Waals surface area contributed by atoms with Gasteiger partial charge in [-0.2, -0.15) is 0 Å². The standard InChI is InChI=1S/C15H22N2O2/c16-13(14(17)15(18)19)12-8-6-11(7-9-12)10-4-2-1-3-5-10/h6-10,13-14H,1-5,16-17H2,(H,18,19). The van der Waals surface area contributed by atoms with Gasteiger partial charge >= 0.3 is 5.97 Å². The first-order chi connectivity index (χ1) is 9.09. The Kier molecular flexibility index (Phi) is 4.56. The highest BCUT2D eigenvalue weighted by molar-refractivity contribution is 5.74. The lowest BCUT2D eigenvalue weighted by Crippen LogP contribution is -2.40. The summed E-state index contributed by atoms with van der Waals surface area (Å²) >= 11 is 0. The van der Waals surface area contributed by atoms with Crippen LogP contribution in [0.4, 0.5) is 0 Å². The molecular weight excluding hydrogens is 240 g/mol. The van der Waals surface area contributed by atoms with Crippen LogP contribution in [-0.4, -0.2) is 17.1 Å². The molecular formula is C15H22N2O2. The van der Waals surface area contributed by atoms with Crippen molar-refractivity contribution in [1.29, 1.82) is 0 Å². The van der Waals surface area contributed by atoms with Crippen LogP contribution in [0, 0.1) is 0 Å². The van der Waals surface area contributed by atoms with Crippen molar-refractivity contribution in [2.24, 2.45) is 11.5 Å². The maximum atomic E-state index is 10.8. The topological polar surface area (TPSA) is 89.3 Å². The van der Waals surface area contributed by atoms with Crippen LogP contribution in [0.25, 0.3) is 0 Å². The van der Waals surface area contributed by atoms with Gasteiger partial charge < -0.3 is 16.6 Å². The number of nitrogens with two attached hydrogens (primary N) is 2. The first-order valence-corrected chi connectivity index (χ1v) is 6.93. The van der Waals surface area contributed by atoms with E-state index in [9.17, 15) is 4.79 Å². The summed E-state index contributed by atoms with van der Waals surface area (Å²) in [5.74, 6) is -0.420. The number of hydrogen-bond donors (Lipinski definition) is 3. The van der Waals surface area contributed by atoms with Gasteiger partial charge in [0.25, 0.3) is 0 Å². The molecule has 0 saturated heterocycles. The van der Waals surface area contributed by atoms with Crippen molar-refractivity contribution in [3.8, 4) is 0 Å². The third kappa shape index (κ3) is 3.33. The van der Waals surface area contributed by atoms with Crippen LogP contribution in [0.1, 0.15) is 55.2 Å². The highest BCUT2D eigenvalue weighted by Crippen LogP contribution is 2.32. The first-order valence-electron chi connectivity index (χ1n) is 6.93. The first kappa shape index (κ1) is 14.0. The van der Waals surface area contributed by atoms with Crippen LogP contribution >= 0.6 is 0 Å². The Labute approximate surface area is 113 Å². The molecule has 0 aromatic heterocycles. The van der Waals surface area contributed by atoms with Crippen molar-refractivity contribution in [3.63, 3.8) is 0 Å². The van der Waals surface area contributed by atoms with E-state index in [1.54, 1.807) is 0 Å². The number of hydrogen-bond acceptors (Lipinski definition) is 3. The summed E-state index contributed by atoms with van der Waals surface area (Å²) in [6.45, 7) is 0. The van der Waals surface area contributed by atoms with Gasteiger partial charge in [-0.05, 0) is 29.9 Å². The van der Waals surface area contributed by atoms with E-state index < -0.39 is 18.1 Å². The van der Waals surface area contributed by atoms with Gasteiger partial charge in [0, 0.05) is 0 Å². The van der Waals surface area contributed by atoms with Crippen molar-refractivity contribution < 1.29 is 9.90 Å². The number of carboxylic acids is 1. The van der Waals surface area contributed by atoms with Gasteiger partial charge in [-0.15, -0.1) is 0 Å². The van der Waals surface area contributed by atoms with E-state index in [0.717, 1.165) is 5.56 Å². The van der Waals surface area contributed by atoms with Crippen molar-refractivity contribution >= 4 is 5.97 Å². The summed E-state index contributed by atoms with van der Waals surface area (Å²) in [6.07, 6.45) is 6.44. The summed E-state index contributed by atoms with van der Waals surface area (Å²) in [4.78, 5) is 10.8. The van der Waals surface area contributed by atoms with Crippen LogP contribution in [0.5, 0.6) is 0 Å². The molecule has 104 valence electrons. The van der Waals surface area contributed by atoms with Gasteiger partial charge in [-0.25, -0.2) is 0 Å². The molecule has 1 aliphatic carbocycles. The fourth-order valence-electron chi connectivity index (χ4n) is 2.79. The largest absolute Gasteiger partial charge is 0.480 e. The molecule has 1 aliphatic rings. The molecule has 0 amide bonds. The highest BCUT2D eigenvalue weighted by Gasteiger charge is 2.22. The maximum Gasteiger partial charge on any atom is 0.322 e. The Bertz CT molecular complexity index is 424. The minimum absolute atomic E-state index is 0.646. The average Bonchev–Trinajstić information content (AvgIpc) is 2.46. The molecule has 2 unspecified atom stereocenters. The van der Waals surface area contributed by atoms with Crippen LogP contribution < -0.4 is 11.5 Å². The Balaban J connectivity index is 2.07. The van der Waals surface area contributed by atoms with E-state index in [2.05, 4.69) is 12.1 Å². The van der Waals surface area contributed by atoms with Crippen molar-refractivity contribution in [2.75, 3.05) is 0 Å². The Hall–Kier alpha value is -1.39. The monoisotopic (exact) mass is 262 g/mol. The van der Waals surface area contributed by atoms with Crippen LogP contribution in [0.15, 0.2) is 24.3 Å². The molecule has 2 rings (SSSR count). The molecule has 0 heterocycles. The number of carboxylic acid groups (broad SMARTS) is 1. The number of carbonyl (C=O) groups is 1. The molecule has 4 nitrogen and oxygen atoms in total. The van der Waals surface area contributed by atoms with Gasteiger partial charge in [0.05, 0.1) is 6.04 Å². The summed E-state index contributed by atoms with van der Waals surface area (Å²) < 4.78 is 0. The lowest BCUT2D eigenvalue weighted by Gasteiger charge is -2.23. The van der Waals surface area contributed by atoms with Crippen molar-refractivity contribution in [1.82, 2.24) is 0 Å². The molecule has 0 bridgehead atoms. The molecule has 0 aliphatic heterocycles. The van der Waals surface area contributed by atoms with Crippen LogP contribution in [0.2, 0.25) is 0 Å². The van der Waals surface area contributed by atoms with Crippen molar-refractivity contribution in [3.05, 3.63) is 35.4 Å². The second-order valence-corrected chi connectivity index (χ2v) is 5.39. The van der Waals surface area contributed by atoms with Crippen LogP contribution in [0.3, 0.4) is 0 Å². The Morgan fingerprint density at radius 1 is 1.11 bits per heavy atom. The summed E-state index contributed by atoms with van der Waals surface area (Å²) in [5.41, 5.74) is 13.5. The number of benzene rings is 1. The molecule has 19 heavy (non-hydrogen) atoms. The van der Waals surface area contributed by atoms with E-state index >= 15 is 0 Å². The van der Waals surface area contributed by atoms with E-state index in [1.165, 1.54) is 37.7 Å². The van der Waals surface area contributed by atoms with Gasteiger partial charge in [0.15, 0.2) is 0 Å². The zero-order valence-electron chi connectivity index (χ0n) is 11.1. The molecule has 1 aromatic rings. The zero-order chi connectivity index (χ0) is 13.8. The van der Waals surface area contributed by atoms with Gasteiger partial charge in [0.2, 0.25) is 0 Å². The summed E-state index contributed by atoms with van der Waals surface area (Å²) in [7, 11) is 0. The highest BCUT2D eigenvalue weighted by atomic mass is 16.4. The summed E-state index contributed by atoms with van der Waals surface area (Å²) in [5, 5.41) is 8.87. The molecule has 4 heteroatoms. The average molecular weight is 262 g/mol. The Morgan fingerprint density at radius 2 is 1.68 bits per heavy atom. The summed E-state index contributed by atoms with van der Waals surface area (Å²) in [6, 6.07) is 6.26. The third-order valence-corrected chi connectivity index (χ3v) is 4.07. The maximum absolute atomic E-state index is 10.8. The van der Waals surface area contributed by atoms with Gasteiger partial charge in [0.1, 0.15) is 6.04 Å². The molecule has 0 spiro atoms. The minimum atomic E-state index is -1.07. The van der Waals surface area contributed by atoms with Gasteiger partial charge in [-0.3, -0.25) is 4.79 Å². The molecule has 5 N–H and O–H groups in total. The predicted molar refractivity (Wildman–Crippen MR) is 74.8 cm³/mol. The molecule has 1 fully saturated rings. The molecule has 1 aromatic carbocycles. The third-order valence-electron chi connectivity index (χ3n) is 4.07. The SMILES string of the molecule is NC(C(=O)O)C(N)c1ccc(C2CCCCC2)cc1. The van der Waals surface area contributed by atoms with E-state index in [-0.39, 0.29) is 0 Å². The molecule has 0 radical (unpaired) electrons.